The summed E-state index contributed by atoms with van der Waals surface area (Å²) < 4.78 is 35.5. The predicted molar refractivity (Wildman–Crippen MR) is 115 cm³/mol. The van der Waals surface area contributed by atoms with Gasteiger partial charge >= 0.3 is 22.2 Å². The fourth-order valence-electron chi connectivity index (χ4n) is 2.74. The van der Waals surface area contributed by atoms with E-state index >= 15 is 0 Å². The van der Waals surface area contributed by atoms with Crippen LogP contribution in [0.5, 0.6) is 5.75 Å². The third kappa shape index (κ3) is 7.93. The average Bonchev–Trinajstić information content (AvgIpc) is 2.63. The van der Waals surface area contributed by atoms with E-state index in [4.69, 9.17) is 8.92 Å². The maximum atomic E-state index is 12.5. The van der Waals surface area contributed by atoms with Crippen molar-refractivity contribution in [2.24, 2.45) is 0 Å². The van der Waals surface area contributed by atoms with Gasteiger partial charge in [-0.1, -0.05) is 29.8 Å². The Morgan fingerprint density at radius 1 is 1.10 bits per heavy atom. The summed E-state index contributed by atoms with van der Waals surface area (Å²) in [6, 6.07) is 12.4. The van der Waals surface area contributed by atoms with E-state index in [0.29, 0.717) is 5.56 Å². The summed E-state index contributed by atoms with van der Waals surface area (Å²) >= 11 is 0. The molecule has 2 aromatic rings. The summed E-state index contributed by atoms with van der Waals surface area (Å²) in [5.74, 6) is -1.63. The molecular formula is C22H27NO7S. The molecule has 168 valence electrons. The second-order valence-corrected chi connectivity index (χ2v) is 9.65. The van der Waals surface area contributed by atoms with Gasteiger partial charge in [-0.2, -0.15) is 8.42 Å². The number of nitrogens with one attached hydrogen (secondary N) is 1. The average molecular weight is 450 g/mol. The number of benzene rings is 2. The third-order valence-corrected chi connectivity index (χ3v) is 5.42. The van der Waals surface area contributed by atoms with Crippen LogP contribution in [0.15, 0.2) is 53.4 Å². The number of carbonyl (C=O) groups excluding carboxylic acids is 1. The molecule has 0 heterocycles. The highest BCUT2D eigenvalue weighted by molar-refractivity contribution is 7.87. The number of aryl methyl sites for hydroxylation is 1. The minimum absolute atomic E-state index is 0.00458. The normalized spacial score (nSPS) is 12.6. The van der Waals surface area contributed by atoms with Crippen LogP contribution < -0.4 is 9.50 Å². The maximum absolute atomic E-state index is 12.5. The van der Waals surface area contributed by atoms with Crippen molar-refractivity contribution < 1.29 is 32.0 Å². The molecule has 0 bridgehead atoms. The molecule has 1 atom stereocenters. The van der Waals surface area contributed by atoms with Gasteiger partial charge in [-0.25, -0.2) is 4.79 Å². The number of aliphatic carboxylic acids is 1. The van der Waals surface area contributed by atoms with Gasteiger partial charge in [-0.15, -0.1) is 0 Å². The molecule has 1 amide bonds. The molecule has 8 nitrogen and oxygen atoms in total. The van der Waals surface area contributed by atoms with Crippen LogP contribution in [0, 0.1) is 6.92 Å². The highest BCUT2D eigenvalue weighted by Crippen LogP contribution is 2.26. The number of rotatable bonds is 8. The van der Waals surface area contributed by atoms with Crippen molar-refractivity contribution >= 4 is 22.2 Å². The molecule has 9 heteroatoms. The Morgan fingerprint density at radius 3 is 2.32 bits per heavy atom. The van der Waals surface area contributed by atoms with Crippen LogP contribution in [-0.2, 0) is 19.6 Å². The molecule has 2 rings (SSSR count). The lowest BCUT2D eigenvalue weighted by Crippen LogP contribution is -2.35. The number of ether oxygens (including phenoxy) is 1. The van der Waals surface area contributed by atoms with Gasteiger partial charge in [0, 0.05) is 12.5 Å². The molecule has 0 radical (unpaired) electrons. The van der Waals surface area contributed by atoms with E-state index < -0.39 is 33.7 Å². The maximum Gasteiger partial charge on any atom is 0.407 e. The minimum Gasteiger partial charge on any atom is -0.481 e. The number of carbonyl (C=O) groups is 2. The van der Waals surface area contributed by atoms with Crippen LogP contribution in [0.25, 0.3) is 0 Å². The smallest absolute Gasteiger partial charge is 0.407 e. The van der Waals surface area contributed by atoms with Crippen LogP contribution in [0.2, 0.25) is 0 Å². The van der Waals surface area contributed by atoms with Gasteiger partial charge < -0.3 is 19.3 Å². The first-order valence-corrected chi connectivity index (χ1v) is 11.1. The highest BCUT2D eigenvalue weighted by atomic mass is 32.2. The standard InChI is InChI=1S/C22H27NO7S/c1-15-8-10-19(11-9-15)31(27,28)30-18-7-5-6-16(12-18)17(13-20(24)25)14-23-21(26)29-22(2,3)4/h5-12,17H,13-14H2,1-4H3,(H,23,26)(H,24,25). The van der Waals surface area contributed by atoms with E-state index in [2.05, 4.69) is 5.32 Å². The van der Waals surface area contributed by atoms with Crippen molar-refractivity contribution in [1.82, 2.24) is 5.32 Å². The van der Waals surface area contributed by atoms with Crippen LogP contribution in [0.3, 0.4) is 0 Å². The van der Waals surface area contributed by atoms with E-state index in [0.717, 1.165) is 5.56 Å². The Balaban J connectivity index is 2.19. The molecule has 0 saturated heterocycles. The highest BCUT2D eigenvalue weighted by Gasteiger charge is 2.22. The number of alkyl carbamates (subject to hydrolysis) is 1. The summed E-state index contributed by atoms with van der Waals surface area (Å²) in [6.07, 6.45) is -0.943. The zero-order valence-corrected chi connectivity index (χ0v) is 18.7. The molecule has 0 aliphatic rings. The van der Waals surface area contributed by atoms with Gasteiger partial charge in [0.1, 0.15) is 16.2 Å². The first kappa shape index (κ1) is 24.2. The summed E-state index contributed by atoms with van der Waals surface area (Å²) in [5, 5.41) is 11.8. The van der Waals surface area contributed by atoms with E-state index in [-0.39, 0.29) is 23.6 Å². The third-order valence-electron chi connectivity index (χ3n) is 4.16. The number of amides is 1. The van der Waals surface area contributed by atoms with E-state index in [9.17, 15) is 23.1 Å². The van der Waals surface area contributed by atoms with Gasteiger partial charge in [-0.3, -0.25) is 4.79 Å². The zero-order valence-electron chi connectivity index (χ0n) is 17.9. The van der Waals surface area contributed by atoms with Gasteiger partial charge in [-0.05, 0) is 57.5 Å². The number of carboxylic acid groups (broad SMARTS) is 1. The first-order chi connectivity index (χ1) is 14.4. The van der Waals surface area contributed by atoms with Crippen molar-refractivity contribution in [3.63, 3.8) is 0 Å². The van der Waals surface area contributed by atoms with Crippen molar-refractivity contribution in [1.29, 1.82) is 0 Å². The van der Waals surface area contributed by atoms with Crippen molar-refractivity contribution in [2.45, 2.75) is 50.5 Å². The summed E-state index contributed by atoms with van der Waals surface area (Å²) in [4.78, 5) is 23.3. The van der Waals surface area contributed by atoms with E-state index in [1.807, 2.05) is 6.92 Å². The van der Waals surface area contributed by atoms with Gasteiger partial charge in [0.05, 0.1) is 6.42 Å². The lowest BCUT2D eigenvalue weighted by molar-refractivity contribution is -0.137. The molecule has 2 aromatic carbocycles. The Bertz CT molecular complexity index is 1020. The lowest BCUT2D eigenvalue weighted by atomic mass is 9.95. The predicted octanol–water partition coefficient (Wildman–Crippen LogP) is 3.85. The van der Waals surface area contributed by atoms with Crippen LogP contribution >= 0.6 is 0 Å². The van der Waals surface area contributed by atoms with E-state index in [1.54, 1.807) is 45.0 Å². The number of carboxylic acids is 1. The van der Waals surface area contributed by atoms with Gasteiger partial charge in [0.2, 0.25) is 0 Å². The zero-order chi connectivity index (χ0) is 23.2. The van der Waals surface area contributed by atoms with Crippen LogP contribution in [0.1, 0.15) is 44.2 Å². The van der Waals surface area contributed by atoms with Crippen LogP contribution in [-0.4, -0.2) is 37.7 Å². The summed E-state index contributed by atoms with van der Waals surface area (Å²) in [5.41, 5.74) is 0.731. The molecule has 0 saturated carbocycles. The SMILES string of the molecule is Cc1ccc(S(=O)(=O)Oc2cccc(C(CNC(=O)OC(C)(C)C)CC(=O)O)c2)cc1. The Kier molecular flexibility index (Phi) is 7.67. The topological polar surface area (TPSA) is 119 Å². The van der Waals surface area contributed by atoms with Crippen LogP contribution in [0.4, 0.5) is 4.79 Å². The van der Waals surface area contributed by atoms with Gasteiger partial charge in [0.25, 0.3) is 0 Å². The summed E-state index contributed by atoms with van der Waals surface area (Å²) in [6.45, 7) is 6.99. The second-order valence-electron chi connectivity index (χ2n) is 8.10. The molecule has 0 spiro atoms. The van der Waals surface area contributed by atoms with Crippen molar-refractivity contribution in [3.05, 3.63) is 59.7 Å². The van der Waals surface area contributed by atoms with Crippen molar-refractivity contribution in [2.75, 3.05) is 6.54 Å². The quantitative estimate of drug-likeness (QED) is 0.588. The van der Waals surface area contributed by atoms with E-state index in [1.165, 1.54) is 24.3 Å². The molecule has 0 aromatic heterocycles. The molecule has 2 N–H and O–H groups in total. The minimum atomic E-state index is -4.05. The summed E-state index contributed by atoms with van der Waals surface area (Å²) in [7, 11) is -4.05. The Morgan fingerprint density at radius 2 is 1.74 bits per heavy atom. The molecule has 0 aliphatic carbocycles. The molecule has 0 aliphatic heterocycles. The van der Waals surface area contributed by atoms with Gasteiger partial charge in [0.15, 0.2) is 0 Å². The molecule has 31 heavy (non-hydrogen) atoms. The fourth-order valence-corrected chi connectivity index (χ4v) is 3.66. The number of hydrogen-bond donors (Lipinski definition) is 2. The largest absolute Gasteiger partial charge is 0.481 e. The first-order valence-electron chi connectivity index (χ1n) is 9.65. The monoisotopic (exact) mass is 449 g/mol. The van der Waals surface area contributed by atoms with Crippen molar-refractivity contribution in [3.8, 4) is 5.75 Å². The molecular weight excluding hydrogens is 422 g/mol. The molecule has 1 unspecified atom stereocenters. The molecule has 0 fully saturated rings. The fraction of sp³-hybridized carbons (Fsp3) is 0.364. The Hall–Kier alpha value is -3.07. The number of hydrogen-bond acceptors (Lipinski definition) is 6. The Labute approximate surface area is 182 Å². The lowest BCUT2D eigenvalue weighted by Gasteiger charge is -2.22. The second kappa shape index (κ2) is 9.82.